The molecule has 20 heavy (non-hydrogen) atoms. The minimum atomic E-state index is -0.205. The Morgan fingerprint density at radius 3 is 2.70 bits per heavy atom. The van der Waals surface area contributed by atoms with Gasteiger partial charge in [0.15, 0.2) is 0 Å². The number of nitrogens with one attached hydrogen (secondary N) is 2. The summed E-state index contributed by atoms with van der Waals surface area (Å²) in [7, 11) is 0. The van der Waals surface area contributed by atoms with Gasteiger partial charge in [-0.2, -0.15) is 0 Å². The van der Waals surface area contributed by atoms with Crippen molar-refractivity contribution in [1.82, 2.24) is 9.97 Å². The third-order valence-corrected chi connectivity index (χ3v) is 3.15. The molecule has 1 aromatic heterocycles. The molecule has 0 fully saturated rings. The van der Waals surface area contributed by atoms with Gasteiger partial charge in [-0.15, -0.1) is 0 Å². The third kappa shape index (κ3) is 3.57. The topological polar surface area (TPSA) is 83.8 Å². The number of rotatable bonds is 4. The summed E-state index contributed by atoms with van der Waals surface area (Å²) in [6.45, 7) is 6.64. The van der Waals surface area contributed by atoms with Gasteiger partial charge in [-0.05, 0) is 24.0 Å². The van der Waals surface area contributed by atoms with Crippen LogP contribution in [0.15, 0.2) is 24.3 Å². The van der Waals surface area contributed by atoms with E-state index in [2.05, 4.69) is 36.1 Å². The molecule has 0 saturated carbocycles. The lowest BCUT2D eigenvalue weighted by molar-refractivity contribution is -0.120. The highest BCUT2D eigenvalue weighted by atomic mass is 16.2. The minimum Gasteiger partial charge on any atom is -0.330 e. The molecule has 5 heteroatoms. The van der Waals surface area contributed by atoms with Gasteiger partial charge in [0, 0.05) is 6.54 Å². The molecule has 2 aromatic rings. The molecule has 1 amide bonds. The molecule has 0 spiro atoms. The van der Waals surface area contributed by atoms with Crippen molar-refractivity contribution in [3.8, 4) is 0 Å². The average molecular weight is 274 g/mol. The van der Waals surface area contributed by atoms with Crippen molar-refractivity contribution in [2.75, 3.05) is 11.9 Å². The molecule has 0 radical (unpaired) electrons. The second kappa shape index (κ2) is 5.63. The molecular formula is C15H22N4O. The third-order valence-electron chi connectivity index (χ3n) is 3.15. The maximum Gasteiger partial charge on any atom is 0.231 e. The number of carbonyl (C=O) groups excluding carboxylic acids is 1. The van der Waals surface area contributed by atoms with Crippen LogP contribution in [0.25, 0.3) is 11.0 Å². The van der Waals surface area contributed by atoms with Gasteiger partial charge in [0.1, 0.15) is 0 Å². The number of amides is 1. The number of aromatic nitrogens is 2. The molecule has 0 aliphatic rings. The summed E-state index contributed by atoms with van der Waals surface area (Å²) in [5.41, 5.74) is 7.52. The maximum absolute atomic E-state index is 12.2. The predicted molar refractivity (Wildman–Crippen MR) is 81.3 cm³/mol. The van der Waals surface area contributed by atoms with E-state index < -0.39 is 0 Å². The number of fused-ring (bicyclic) bond motifs is 1. The Bertz CT molecular complexity index is 564. The number of carbonyl (C=O) groups is 1. The Balaban J connectivity index is 2.09. The van der Waals surface area contributed by atoms with Crippen LogP contribution < -0.4 is 11.1 Å². The zero-order valence-electron chi connectivity index (χ0n) is 12.2. The van der Waals surface area contributed by atoms with E-state index >= 15 is 0 Å². The van der Waals surface area contributed by atoms with Gasteiger partial charge in [0.2, 0.25) is 11.9 Å². The van der Waals surface area contributed by atoms with Gasteiger partial charge in [-0.1, -0.05) is 32.9 Å². The summed E-state index contributed by atoms with van der Waals surface area (Å²) in [6, 6.07) is 7.66. The van der Waals surface area contributed by atoms with Crippen LogP contribution in [-0.2, 0) is 4.79 Å². The highest BCUT2D eigenvalue weighted by molar-refractivity contribution is 5.92. The first-order chi connectivity index (χ1) is 9.39. The highest BCUT2D eigenvalue weighted by Crippen LogP contribution is 2.24. The van der Waals surface area contributed by atoms with Crippen LogP contribution in [0.1, 0.15) is 27.2 Å². The lowest BCUT2D eigenvalue weighted by atomic mass is 9.84. The number of imidazole rings is 1. The number of nitrogens with zero attached hydrogens (tertiary/aromatic N) is 1. The minimum absolute atomic E-state index is 0.0647. The summed E-state index contributed by atoms with van der Waals surface area (Å²) in [4.78, 5) is 19.7. The molecular weight excluding hydrogens is 252 g/mol. The van der Waals surface area contributed by atoms with Crippen LogP contribution in [0.2, 0.25) is 0 Å². The number of nitrogens with two attached hydrogens (primary N) is 1. The molecule has 108 valence electrons. The standard InChI is InChI=1S/C15H22N4O/c1-15(2,3)8-10(9-16)13(20)19-14-17-11-6-4-5-7-12(11)18-14/h4-7,10H,8-9,16H2,1-3H3,(H2,17,18,19,20). The quantitative estimate of drug-likeness (QED) is 0.801. The molecule has 1 aromatic carbocycles. The van der Waals surface area contributed by atoms with Crippen LogP contribution in [0.3, 0.4) is 0 Å². The number of hydrogen-bond acceptors (Lipinski definition) is 3. The number of hydrogen-bond donors (Lipinski definition) is 3. The molecule has 1 heterocycles. The molecule has 4 N–H and O–H groups in total. The van der Waals surface area contributed by atoms with Crippen molar-refractivity contribution >= 4 is 22.9 Å². The Labute approximate surface area is 119 Å². The predicted octanol–water partition coefficient (Wildman–Crippen LogP) is 2.51. The van der Waals surface area contributed by atoms with Gasteiger partial charge in [-0.3, -0.25) is 10.1 Å². The van der Waals surface area contributed by atoms with Crippen LogP contribution in [0.5, 0.6) is 0 Å². The van der Waals surface area contributed by atoms with Crippen LogP contribution >= 0.6 is 0 Å². The number of benzene rings is 1. The fourth-order valence-electron chi connectivity index (χ4n) is 2.25. The summed E-state index contributed by atoms with van der Waals surface area (Å²) in [6.07, 6.45) is 0.746. The first-order valence-corrected chi connectivity index (χ1v) is 6.85. The molecule has 0 aliphatic heterocycles. The second-order valence-corrected chi connectivity index (χ2v) is 6.29. The van der Waals surface area contributed by atoms with Crippen molar-refractivity contribution in [3.05, 3.63) is 24.3 Å². The van der Waals surface area contributed by atoms with Crippen LogP contribution in [0, 0.1) is 11.3 Å². The first kappa shape index (κ1) is 14.5. The van der Waals surface area contributed by atoms with Crippen molar-refractivity contribution in [2.24, 2.45) is 17.1 Å². The van der Waals surface area contributed by atoms with E-state index in [1.807, 2.05) is 24.3 Å². The molecule has 0 aliphatic carbocycles. The zero-order valence-corrected chi connectivity index (χ0v) is 12.2. The van der Waals surface area contributed by atoms with Gasteiger partial charge >= 0.3 is 0 Å². The smallest absolute Gasteiger partial charge is 0.231 e. The lowest BCUT2D eigenvalue weighted by Crippen LogP contribution is -2.32. The molecule has 0 bridgehead atoms. The summed E-state index contributed by atoms with van der Waals surface area (Å²) in [5, 5.41) is 2.82. The van der Waals surface area contributed by atoms with E-state index in [1.165, 1.54) is 0 Å². The fraction of sp³-hybridized carbons (Fsp3) is 0.467. The van der Waals surface area contributed by atoms with E-state index in [0.29, 0.717) is 12.5 Å². The SMILES string of the molecule is CC(C)(C)CC(CN)C(=O)Nc1nc2ccccc2[nH]1. The van der Waals surface area contributed by atoms with Gasteiger partial charge in [0.25, 0.3) is 0 Å². The van der Waals surface area contributed by atoms with E-state index in [-0.39, 0.29) is 17.2 Å². The lowest BCUT2D eigenvalue weighted by Gasteiger charge is -2.23. The van der Waals surface area contributed by atoms with Crippen LogP contribution in [0.4, 0.5) is 5.95 Å². The molecule has 1 unspecified atom stereocenters. The van der Waals surface area contributed by atoms with E-state index in [1.54, 1.807) is 0 Å². The number of aromatic amines is 1. The Hall–Kier alpha value is -1.88. The van der Waals surface area contributed by atoms with E-state index in [0.717, 1.165) is 17.5 Å². The van der Waals surface area contributed by atoms with Crippen molar-refractivity contribution in [1.29, 1.82) is 0 Å². The van der Waals surface area contributed by atoms with Crippen molar-refractivity contribution < 1.29 is 4.79 Å². The maximum atomic E-state index is 12.2. The second-order valence-electron chi connectivity index (χ2n) is 6.29. The average Bonchev–Trinajstić information content (AvgIpc) is 2.76. The fourth-order valence-corrected chi connectivity index (χ4v) is 2.25. The number of anilines is 1. The number of H-pyrrole nitrogens is 1. The largest absolute Gasteiger partial charge is 0.330 e. The van der Waals surface area contributed by atoms with Crippen LogP contribution in [-0.4, -0.2) is 22.4 Å². The highest BCUT2D eigenvalue weighted by Gasteiger charge is 2.24. The number of para-hydroxylation sites is 2. The van der Waals surface area contributed by atoms with Gasteiger partial charge < -0.3 is 10.7 Å². The molecule has 5 nitrogen and oxygen atoms in total. The Kier molecular flexibility index (Phi) is 4.09. The summed E-state index contributed by atoms with van der Waals surface area (Å²) < 4.78 is 0. The van der Waals surface area contributed by atoms with Crippen molar-refractivity contribution in [3.63, 3.8) is 0 Å². The normalized spacial score (nSPS) is 13.4. The van der Waals surface area contributed by atoms with E-state index in [9.17, 15) is 4.79 Å². The zero-order chi connectivity index (χ0) is 14.8. The van der Waals surface area contributed by atoms with Crippen molar-refractivity contribution in [2.45, 2.75) is 27.2 Å². The summed E-state index contributed by atoms with van der Waals surface area (Å²) >= 11 is 0. The molecule has 0 saturated heterocycles. The Morgan fingerprint density at radius 1 is 1.40 bits per heavy atom. The monoisotopic (exact) mass is 274 g/mol. The molecule has 1 atom stereocenters. The van der Waals surface area contributed by atoms with E-state index in [4.69, 9.17) is 5.73 Å². The van der Waals surface area contributed by atoms with Gasteiger partial charge in [0.05, 0.1) is 17.0 Å². The Morgan fingerprint density at radius 2 is 2.10 bits per heavy atom. The molecule has 2 rings (SSSR count). The summed E-state index contributed by atoms with van der Waals surface area (Å²) in [5.74, 6) is 0.188. The van der Waals surface area contributed by atoms with Gasteiger partial charge in [-0.25, -0.2) is 4.98 Å². The first-order valence-electron chi connectivity index (χ1n) is 6.85.